The third-order valence-corrected chi connectivity index (χ3v) is 4.68. The molecular formula is C18H23N3O9S. The molecule has 0 bridgehead atoms. The monoisotopic (exact) mass is 457 g/mol. The molecule has 13 heteroatoms. The van der Waals surface area contributed by atoms with Crippen molar-refractivity contribution in [2.75, 3.05) is 7.11 Å². The number of benzene rings is 1. The molecule has 1 aromatic carbocycles. The zero-order chi connectivity index (χ0) is 23.6. The predicted octanol–water partition coefficient (Wildman–Crippen LogP) is -3.39. The lowest BCUT2D eigenvalue weighted by atomic mass is 10.1. The van der Waals surface area contributed by atoms with E-state index in [9.17, 15) is 32.7 Å². The van der Waals surface area contributed by atoms with Crippen molar-refractivity contribution >= 4 is 34.1 Å². The lowest BCUT2D eigenvalue weighted by Gasteiger charge is -2.19. The Morgan fingerprint density at radius 3 is 2.35 bits per heavy atom. The zero-order valence-electron chi connectivity index (χ0n) is 16.8. The number of nitrogens with one attached hydrogen (secondary N) is 1. The normalized spacial score (nSPS) is 16.4. The fraction of sp³-hybridized carbons (Fsp3) is 0.333. The summed E-state index contributed by atoms with van der Waals surface area (Å²) in [5.41, 5.74) is 6.24. The molecule has 0 saturated carbocycles. The smallest absolute Gasteiger partial charge is 0.488 e. The van der Waals surface area contributed by atoms with E-state index in [0.29, 0.717) is 4.72 Å². The standard InChI is InChI=1S/C14H18N2O5.C4H5NO4S/c1-21-14(20)11(7-9-5-3-2-4-6-9)16-13(19)10(15)8-12(17)18;1-3-2-4(6)5-10(7,8)9-3/h2-6,10-11H,7-8,15H2,1H3,(H,16,19)(H,17,18);2H,1H3,(H,5,6)/t10-,11-;/m0./s1. The van der Waals surface area contributed by atoms with Crippen molar-refractivity contribution in [1.82, 2.24) is 5.32 Å². The molecule has 2 rings (SSSR count). The van der Waals surface area contributed by atoms with E-state index in [4.69, 9.17) is 5.73 Å². The third kappa shape index (κ3) is 9.84. The highest BCUT2D eigenvalue weighted by atomic mass is 32.2. The summed E-state index contributed by atoms with van der Waals surface area (Å²) in [5, 5.41) is 12.8. The SMILES string of the molecule is CC1=CC(=O)[NH2+]S(=O)(=O)O1.COC(=O)[C@H](Cc1ccccc1)NC(=O)[C@@H](N)CC(=O)[O-]. The van der Waals surface area contributed by atoms with Gasteiger partial charge in [-0.3, -0.25) is 4.79 Å². The van der Waals surface area contributed by atoms with Gasteiger partial charge in [0.15, 0.2) is 0 Å². The molecule has 1 heterocycles. The maximum atomic E-state index is 11.8. The third-order valence-electron chi connectivity index (χ3n) is 3.66. The molecule has 2 amide bonds. The predicted molar refractivity (Wildman–Crippen MR) is 102 cm³/mol. The molecule has 0 aliphatic carbocycles. The van der Waals surface area contributed by atoms with Crippen molar-refractivity contribution in [2.45, 2.75) is 31.8 Å². The number of aliphatic carboxylic acids is 1. The highest BCUT2D eigenvalue weighted by Crippen LogP contribution is 2.05. The number of carboxylic acid groups (broad SMARTS) is 1. The van der Waals surface area contributed by atoms with E-state index < -0.39 is 52.6 Å². The van der Waals surface area contributed by atoms with E-state index >= 15 is 0 Å². The molecule has 0 radical (unpaired) electrons. The van der Waals surface area contributed by atoms with Crippen LogP contribution in [0.1, 0.15) is 18.9 Å². The van der Waals surface area contributed by atoms with Gasteiger partial charge >= 0.3 is 22.2 Å². The number of rotatable bonds is 7. The van der Waals surface area contributed by atoms with Gasteiger partial charge in [-0.1, -0.05) is 30.3 Å². The van der Waals surface area contributed by atoms with Gasteiger partial charge in [-0.2, -0.15) is 0 Å². The number of quaternary nitrogens is 1. The Hall–Kier alpha value is -3.29. The second kappa shape index (κ2) is 11.8. The number of carbonyl (C=O) groups is 4. The van der Waals surface area contributed by atoms with Crippen molar-refractivity contribution in [3.8, 4) is 0 Å². The molecule has 0 aromatic heterocycles. The molecule has 1 aromatic rings. The fourth-order valence-corrected chi connectivity index (χ4v) is 3.16. The van der Waals surface area contributed by atoms with Gasteiger partial charge in [0.1, 0.15) is 11.8 Å². The average Bonchev–Trinajstić information content (AvgIpc) is 2.65. The van der Waals surface area contributed by atoms with Crippen LogP contribution in [0, 0.1) is 0 Å². The van der Waals surface area contributed by atoms with Crippen LogP contribution in [0.5, 0.6) is 0 Å². The van der Waals surface area contributed by atoms with Crippen LogP contribution in [-0.4, -0.2) is 51.4 Å². The molecule has 0 fully saturated rings. The molecule has 31 heavy (non-hydrogen) atoms. The van der Waals surface area contributed by atoms with Crippen molar-refractivity contribution in [3.63, 3.8) is 0 Å². The average molecular weight is 457 g/mol. The number of hydrogen-bond donors (Lipinski definition) is 3. The summed E-state index contributed by atoms with van der Waals surface area (Å²) < 4.78 is 30.5. The van der Waals surface area contributed by atoms with Crippen LogP contribution in [0.15, 0.2) is 42.2 Å². The maximum Gasteiger partial charge on any atom is 0.488 e. The Balaban J connectivity index is 0.000000399. The largest absolute Gasteiger partial charge is 0.550 e. The number of carbonyl (C=O) groups excluding carboxylic acids is 4. The molecule has 0 unspecified atom stereocenters. The topological polar surface area (TPSA) is 199 Å². The molecule has 0 saturated heterocycles. The van der Waals surface area contributed by atoms with Crippen LogP contribution < -0.4 is 20.9 Å². The van der Waals surface area contributed by atoms with E-state index in [-0.39, 0.29) is 12.2 Å². The molecule has 12 nitrogen and oxygen atoms in total. The second-order valence-corrected chi connectivity index (χ2v) is 7.70. The Bertz CT molecular complexity index is 945. The van der Waals surface area contributed by atoms with E-state index in [1.54, 1.807) is 24.3 Å². The maximum absolute atomic E-state index is 11.8. The number of carboxylic acids is 1. The first kappa shape index (κ1) is 25.7. The lowest BCUT2D eigenvalue weighted by molar-refractivity contribution is -0.418. The molecule has 170 valence electrons. The first-order valence-electron chi connectivity index (χ1n) is 8.82. The van der Waals surface area contributed by atoms with Gasteiger partial charge in [0.2, 0.25) is 5.91 Å². The van der Waals surface area contributed by atoms with E-state index in [0.717, 1.165) is 11.6 Å². The fourth-order valence-electron chi connectivity index (χ4n) is 2.34. The molecule has 1 aliphatic heterocycles. The van der Waals surface area contributed by atoms with Gasteiger partial charge in [-0.25, -0.2) is 9.59 Å². The molecule has 5 N–H and O–H groups in total. The summed E-state index contributed by atoms with van der Waals surface area (Å²) in [6.07, 6.45) is 0.712. The van der Waals surface area contributed by atoms with Gasteiger partial charge in [0.05, 0.1) is 19.2 Å². The number of amides is 2. The summed E-state index contributed by atoms with van der Waals surface area (Å²) in [6.45, 7) is 1.41. The summed E-state index contributed by atoms with van der Waals surface area (Å²) in [6, 6.07) is 6.80. The minimum atomic E-state index is -3.72. The van der Waals surface area contributed by atoms with Crippen LogP contribution in [-0.2, 0) is 44.8 Å². The van der Waals surface area contributed by atoms with Crippen molar-refractivity contribution < 1.29 is 46.3 Å². The van der Waals surface area contributed by atoms with Crippen LogP contribution in [0.3, 0.4) is 0 Å². The number of allylic oxidation sites excluding steroid dienone is 1. The quantitative estimate of drug-likeness (QED) is 0.347. The molecule has 2 atom stereocenters. The number of nitrogens with two attached hydrogens (primary N) is 2. The zero-order valence-corrected chi connectivity index (χ0v) is 17.6. The van der Waals surface area contributed by atoms with Crippen molar-refractivity contribution in [3.05, 3.63) is 47.7 Å². The summed E-state index contributed by atoms with van der Waals surface area (Å²) >= 11 is 0. The van der Waals surface area contributed by atoms with Crippen LogP contribution in [0.2, 0.25) is 0 Å². The molecule has 0 spiro atoms. The Morgan fingerprint density at radius 1 is 1.26 bits per heavy atom. The molecule has 1 aliphatic rings. The summed E-state index contributed by atoms with van der Waals surface area (Å²) in [5.74, 6) is -3.26. The second-order valence-electron chi connectivity index (χ2n) is 6.31. The Morgan fingerprint density at radius 2 is 1.87 bits per heavy atom. The first-order valence-corrected chi connectivity index (χ1v) is 10.3. The van der Waals surface area contributed by atoms with E-state index in [1.165, 1.54) is 14.0 Å². The Kier molecular flexibility index (Phi) is 9.79. The van der Waals surface area contributed by atoms with Crippen LogP contribution in [0.25, 0.3) is 0 Å². The van der Waals surface area contributed by atoms with Crippen molar-refractivity contribution in [2.24, 2.45) is 5.73 Å². The first-order chi connectivity index (χ1) is 14.4. The van der Waals surface area contributed by atoms with Gasteiger partial charge in [-0.05, 0) is 12.5 Å². The van der Waals surface area contributed by atoms with Crippen LogP contribution in [0.4, 0.5) is 0 Å². The number of ether oxygens (including phenoxy) is 1. The number of esters is 1. The summed E-state index contributed by atoms with van der Waals surface area (Å²) in [7, 11) is -2.52. The number of hydrogen-bond acceptors (Lipinski definition) is 10. The van der Waals surface area contributed by atoms with Crippen LogP contribution >= 0.6 is 0 Å². The lowest BCUT2D eigenvalue weighted by Crippen LogP contribution is -2.91. The van der Waals surface area contributed by atoms with Gasteiger partial charge in [0.25, 0.3) is 0 Å². The number of methoxy groups -OCH3 is 1. The van der Waals surface area contributed by atoms with Gasteiger partial charge < -0.3 is 29.9 Å². The minimum Gasteiger partial charge on any atom is -0.550 e. The highest BCUT2D eigenvalue weighted by Gasteiger charge is 2.26. The van der Waals surface area contributed by atoms with Gasteiger partial charge in [0, 0.05) is 18.8 Å². The minimum absolute atomic E-state index is 0.104. The highest BCUT2D eigenvalue weighted by molar-refractivity contribution is 7.80. The van der Waals surface area contributed by atoms with E-state index in [1.807, 2.05) is 6.07 Å². The Labute approximate surface area is 178 Å². The number of primary amides is 1. The summed E-state index contributed by atoms with van der Waals surface area (Å²) in [4.78, 5) is 44.4. The molecular weight excluding hydrogens is 434 g/mol. The van der Waals surface area contributed by atoms with Gasteiger partial charge in [-0.15, -0.1) is 13.1 Å². The van der Waals surface area contributed by atoms with E-state index in [2.05, 4.69) is 14.2 Å². The van der Waals surface area contributed by atoms with Crippen molar-refractivity contribution in [1.29, 1.82) is 0 Å².